The molecule has 3 heteroatoms. The van der Waals surface area contributed by atoms with Gasteiger partial charge in [0.25, 0.3) is 0 Å². The molecule has 0 amide bonds. The van der Waals surface area contributed by atoms with Gasteiger partial charge in [0.15, 0.2) is 0 Å². The molecule has 0 bridgehead atoms. The average molecular weight is 256 g/mol. The molecule has 0 heterocycles. The zero-order chi connectivity index (χ0) is 13.2. The van der Waals surface area contributed by atoms with Gasteiger partial charge in [-0.3, -0.25) is 0 Å². The maximum Gasteiger partial charge on any atom is 0.338 e. The fourth-order valence-electron chi connectivity index (χ4n) is 2.38. The molecule has 2 aromatic carbocycles. The van der Waals surface area contributed by atoms with Crippen LogP contribution in [0, 0.1) is 5.92 Å². The van der Waals surface area contributed by atoms with Crippen molar-refractivity contribution in [2.45, 2.75) is 19.3 Å². The third-order valence-electron chi connectivity index (χ3n) is 3.76. The lowest BCUT2D eigenvalue weighted by Crippen LogP contribution is -2.20. The molecule has 0 aromatic heterocycles. The molecule has 1 aliphatic carbocycles. The first-order chi connectivity index (χ1) is 9.24. The van der Waals surface area contributed by atoms with Crippen LogP contribution in [0.1, 0.15) is 29.6 Å². The first kappa shape index (κ1) is 12.0. The third-order valence-corrected chi connectivity index (χ3v) is 3.76. The Hall–Kier alpha value is -2.03. The van der Waals surface area contributed by atoms with Gasteiger partial charge in [-0.05, 0) is 53.8 Å². The highest BCUT2D eigenvalue weighted by atomic mass is 16.5. The number of ether oxygens (including phenoxy) is 1. The monoisotopic (exact) mass is 256 g/mol. The Morgan fingerprint density at radius 3 is 2.84 bits per heavy atom. The molecule has 1 saturated carbocycles. The molecule has 3 nitrogen and oxygen atoms in total. The molecular weight excluding hydrogens is 240 g/mol. The van der Waals surface area contributed by atoms with Crippen molar-refractivity contribution in [3.8, 4) is 5.75 Å². The smallest absolute Gasteiger partial charge is 0.338 e. The number of fused-ring (bicyclic) bond motifs is 1. The summed E-state index contributed by atoms with van der Waals surface area (Å²) in [7, 11) is 0. The van der Waals surface area contributed by atoms with Crippen LogP contribution >= 0.6 is 0 Å². The normalized spacial score (nSPS) is 15.2. The van der Waals surface area contributed by atoms with Gasteiger partial charge in [-0.25, -0.2) is 4.79 Å². The van der Waals surface area contributed by atoms with E-state index >= 15 is 0 Å². The Bertz CT molecular complexity index is 614. The molecule has 19 heavy (non-hydrogen) atoms. The van der Waals surface area contributed by atoms with Gasteiger partial charge >= 0.3 is 5.97 Å². The molecule has 1 fully saturated rings. The van der Waals surface area contributed by atoms with Gasteiger partial charge in [0.05, 0.1) is 12.2 Å². The van der Waals surface area contributed by atoms with Crippen molar-refractivity contribution in [2.24, 2.45) is 5.92 Å². The second-order valence-electron chi connectivity index (χ2n) is 5.11. The van der Waals surface area contributed by atoms with Gasteiger partial charge in [0.1, 0.15) is 5.75 Å². The molecule has 2 aromatic rings. The van der Waals surface area contributed by atoms with Crippen LogP contribution in [0.25, 0.3) is 10.8 Å². The van der Waals surface area contributed by atoms with Crippen molar-refractivity contribution < 1.29 is 14.6 Å². The van der Waals surface area contributed by atoms with E-state index in [1.54, 1.807) is 24.3 Å². The molecule has 1 aliphatic rings. The second-order valence-corrected chi connectivity index (χ2v) is 5.11. The van der Waals surface area contributed by atoms with Gasteiger partial charge in [-0.2, -0.15) is 0 Å². The highest BCUT2D eigenvalue weighted by Crippen LogP contribution is 2.27. The van der Waals surface area contributed by atoms with Crippen molar-refractivity contribution in [3.63, 3.8) is 0 Å². The number of hydrogen-bond donors (Lipinski definition) is 1. The van der Waals surface area contributed by atoms with Gasteiger partial charge < -0.3 is 9.84 Å². The van der Waals surface area contributed by atoms with Gasteiger partial charge in [-0.15, -0.1) is 0 Å². The Morgan fingerprint density at radius 1 is 1.26 bits per heavy atom. The first-order valence-electron chi connectivity index (χ1n) is 6.63. The molecule has 98 valence electrons. The standard InChI is InChI=1S/C16H16O3/c17-13-7-8-14-12(9-13)5-2-6-15(14)16(18)19-10-11-3-1-4-11/h2,5-9,11,17H,1,3-4,10H2. The summed E-state index contributed by atoms with van der Waals surface area (Å²) in [6.45, 7) is 0.521. The summed E-state index contributed by atoms with van der Waals surface area (Å²) >= 11 is 0. The van der Waals surface area contributed by atoms with E-state index in [2.05, 4.69) is 0 Å². The van der Waals surface area contributed by atoms with Crippen LogP contribution in [0.2, 0.25) is 0 Å². The number of benzene rings is 2. The Labute approximate surface area is 111 Å². The number of esters is 1. The number of rotatable bonds is 3. The van der Waals surface area contributed by atoms with E-state index in [1.807, 2.05) is 12.1 Å². The quantitative estimate of drug-likeness (QED) is 0.855. The Morgan fingerprint density at radius 2 is 2.11 bits per heavy atom. The molecule has 0 saturated heterocycles. The van der Waals surface area contributed by atoms with E-state index in [1.165, 1.54) is 6.42 Å². The maximum absolute atomic E-state index is 12.1. The molecule has 1 N–H and O–H groups in total. The number of carbonyl (C=O) groups excluding carboxylic acids is 1. The SMILES string of the molecule is O=C(OCC1CCC1)c1cccc2cc(O)ccc12. The molecular formula is C16H16O3. The van der Waals surface area contributed by atoms with E-state index in [4.69, 9.17) is 4.74 Å². The van der Waals surface area contributed by atoms with Crippen LogP contribution in [0.15, 0.2) is 36.4 Å². The Kier molecular flexibility index (Phi) is 3.11. The molecule has 0 spiro atoms. The largest absolute Gasteiger partial charge is 0.508 e. The van der Waals surface area contributed by atoms with E-state index in [0.29, 0.717) is 18.1 Å². The van der Waals surface area contributed by atoms with E-state index < -0.39 is 0 Å². The molecule has 0 aliphatic heterocycles. The van der Waals surface area contributed by atoms with E-state index in [-0.39, 0.29) is 11.7 Å². The summed E-state index contributed by atoms with van der Waals surface area (Å²) in [5, 5.41) is 11.1. The number of phenolic OH excluding ortho intramolecular Hbond substituents is 1. The van der Waals surface area contributed by atoms with Crippen molar-refractivity contribution in [1.82, 2.24) is 0 Å². The fraction of sp³-hybridized carbons (Fsp3) is 0.312. The van der Waals surface area contributed by atoms with E-state index in [9.17, 15) is 9.90 Å². The zero-order valence-corrected chi connectivity index (χ0v) is 10.6. The zero-order valence-electron chi connectivity index (χ0n) is 10.6. The number of hydrogen-bond acceptors (Lipinski definition) is 3. The maximum atomic E-state index is 12.1. The summed E-state index contributed by atoms with van der Waals surface area (Å²) in [6.07, 6.45) is 3.57. The van der Waals surface area contributed by atoms with Crippen LogP contribution in [-0.4, -0.2) is 17.7 Å². The molecule has 0 radical (unpaired) electrons. The predicted molar refractivity (Wildman–Crippen MR) is 73.2 cm³/mol. The van der Waals surface area contributed by atoms with Crippen LogP contribution in [-0.2, 0) is 4.74 Å². The molecule has 3 rings (SSSR count). The summed E-state index contributed by atoms with van der Waals surface area (Å²) in [5.74, 6) is 0.471. The van der Waals surface area contributed by atoms with Crippen LogP contribution in [0.4, 0.5) is 0 Å². The third kappa shape index (κ3) is 2.41. The second kappa shape index (κ2) is 4.92. The van der Waals surface area contributed by atoms with Gasteiger partial charge in [0, 0.05) is 0 Å². The summed E-state index contributed by atoms with van der Waals surface area (Å²) in [5.41, 5.74) is 0.567. The summed E-state index contributed by atoms with van der Waals surface area (Å²) < 4.78 is 5.37. The minimum atomic E-state index is -0.275. The minimum absolute atomic E-state index is 0.201. The Balaban J connectivity index is 1.84. The summed E-state index contributed by atoms with van der Waals surface area (Å²) in [6, 6.07) is 10.4. The van der Waals surface area contributed by atoms with Crippen molar-refractivity contribution in [1.29, 1.82) is 0 Å². The topological polar surface area (TPSA) is 46.5 Å². The lowest BCUT2D eigenvalue weighted by atomic mass is 9.86. The van der Waals surface area contributed by atoms with Crippen molar-refractivity contribution in [2.75, 3.05) is 6.61 Å². The highest BCUT2D eigenvalue weighted by molar-refractivity contribution is 6.04. The summed E-state index contributed by atoms with van der Waals surface area (Å²) in [4.78, 5) is 12.1. The van der Waals surface area contributed by atoms with Crippen molar-refractivity contribution in [3.05, 3.63) is 42.0 Å². The lowest BCUT2D eigenvalue weighted by molar-refractivity contribution is 0.0374. The number of carbonyl (C=O) groups is 1. The number of aromatic hydroxyl groups is 1. The van der Waals surface area contributed by atoms with Crippen LogP contribution in [0.5, 0.6) is 5.75 Å². The minimum Gasteiger partial charge on any atom is -0.508 e. The van der Waals surface area contributed by atoms with Crippen LogP contribution in [0.3, 0.4) is 0 Å². The van der Waals surface area contributed by atoms with Crippen LogP contribution < -0.4 is 0 Å². The first-order valence-corrected chi connectivity index (χ1v) is 6.63. The molecule has 0 atom stereocenters. The van der Waals surface area contributed by atoms with E-state index in [0.717, 1.165) is 23.6 Å². The van der Waals surface area contributed by atoms with Gasteiger partial charge in [-0.1, -0.05) is 18.6 Å². The predicted octanol–water partition coefficient (Wildman–Crippen LogP) is 3.50. The molecule has 0 unspecified atom stereocenters. The number of phenols is 1. The fourth-order valence-corrected chi connectivity index (χ4v) is 2.38. The highest BCUT2D eigenvalue weighted by Gasteiger charge is 2.20. The van der Waals surface area contributed by atoms with Gasteiger partial charge in [0.2, 0.25) is 0 Å². The average Bonchev–Trinajstić information content (AvgIpc) is 2.35. The van der Waals surface area contributed by atoms with Crippen molar-refractivity contribution >= 4 is 16.7 Å². The lowest BCUT2D eigenvalue weighted by Gasteiger charge is -2.24.